The molecule has 72 heavy (non-hydrogen) atoms. The van der Waals surface area contributed by atoms with Crippen LogP contribution in [0.3, 0.4) is 0 Å². The number of rotatable bonds is 54. The molecule has 0 N–H and O–H groups in total. The molecule has 0 aromatic rings. The predicted octanol–water partition coefficient (Wildman–Crippen LogP) is 20.5. The van der Waals surface area contributed by atoms with Gasteiger partial charge in [0.1, 0.15) is 13.2 Å². The number of carbonyl (C=O) groups excluding carboxylic acids is 3. The quantitative estimate of drug-likeness (QED) is 0.0261. The summed E-state index contributed by atoms with van der Waals surface area (Å²) in [5.41, 5.74) is 0. The smallest absolute Gasteiger partial charge is 0.306 e. The van der Waals surface area contributed by atoms with Crippen molar-refractivity contribution in [3.8, 4) is 0 Å². The van der Waals surface area contributed by atoms with Gasteiger partial charge in [0.25, 0.3) is 0 Å². The van der Waals surface area contributed by atoms with Gasteiger partial charge < -0.3 is 14.2 Å². The lowest BCUT2D eigenvalue weighted by atomic mass is 10.1. The Balaban J connectivity index is 4.37. The number of ether oxygens (including phenoxy) is 3. The molecule has 0 aliphatic rings. The highest BCUT2D eigenvalue weighted by atomic mass is 16.6. The van der Waals surface area contributed by atoms with Crippen LogP contribution in [0.5, 0.6) is 0 Å². The van der Waals surface area contributed by atoms with Crippen LogP contribution in [0.1, 0.15) is 284 Å². The van der Waals surface area contributed by atoms with Gasteiger partial charge in [-0.25, -0.2) is 0 Å². The van der Waals surface area contributed by atoms with Gasteiger partial charge in [0, 0.05) is 19.3 Å². The Morgan fingerprint density at radius 2 is 0.542 bits per heavy atom. The van der Waals surface area contributed by atoms with Crippen LogP contribution < -0.4 is 0 Å². The van der Waals surface area contributed by atoms with Crippen LogP contribution in [0.4, 0.5) is 0 Å². The maximum Gasteiger partial charge on any atom is 0.306 e. The van der Waals surface area contributed by atoms with E-state index in [-0.39, 0.29) is 31.1 Å². The van der Waals surface area contributed by atoms with Gasteiger partial charge in [-0.3, -0.25) is 14.4 Å². The fourth-order valence-corrected chi connectivity index (χ4v) is 8.33. The lowest BCUT2D eigenvalue weighted by Gasteiger charge is -2.18. The second kappa shape index (κ2) is 59.9. The maximum absolute atomic E-state index is 12.9. The molecule has 0 bridgehead atoms. The average Bonchev–Trinajstić information content (AvgIpc) is 3.38. The van der Waals surface area contributed by atoms with E-state index in [1.807, 2.05) is 0 Å². The van der Waals surface area contributed by atoms with Crippen LogP contribution in [-0.2, 0) is 28.6 Å². The van der Waals surface area contributed by atoms with Gasteiger partial charge in [0.2, 0.25) is 0 Å². The lowest BCUT2D eigenvalue weighted by molar-refractivity contribution is -0.167. The Labute approximate surface area is 445 Å². The summed E-state index contributed by atoms with van der Waals surface area (Å²) in [6, 6.07) is 0. The molecule has 0 spiro atoms. The van der Waals surface area contributed by atoms with Gasteiger partial charge >= 0.3 is 17.9 Å². The molecule has 1 unspecified atom stereocenters. The van der Waals surface area contributed by atoms with E-state index in [0.717, 1.165) is 116 Å². The molecule has 0 radical (unpaired) electrons. The van der Waals surface area contributed by atoms with E-state index >= 15 is 0 Å². The SMILES string of the molecule is CC/C=C\C/C=C\C/C=C\C/C=C\CCCCCCCCCCCCC(=O)OCC(COC(=O)CCCCCCC/C=C\CCCCCCC)OC(=O)CCCCCCCCC/C=C\C/C=C\C/C=C\CC. The molecule has 0 aliphatic carbocycles. The van der Waals surface area contributed by atoms with Gasteiger partial charge in [0.15, 0.2) is 6.10 Å². The van der Waals surface area contributed by atoms with Gasteiger partial charge in [-0.05, 0) is 116 Å². The monoisotopic (exact) mass is 1000 g/mol. The molecule has 0 fully saturated rings. The molecule has 412 valence electrons. The number of unbranched alkanes of at least 4 members (excludes halogenated alkanes) is 27. The summed E-state index contributed by atoms with van der Waals surface area (Å²) >= 11 is 0. The van der Waals surface area contributed by atoms with Gasteiger partial charge in [-0.1, -0.05) is 246 Å². The van der Waals surface area contributed by atoms with Gasteiger partial charge in [0.05, 0.1) is 0 Å². The van der Waals surface area contributed by atoms with Crippen molar-refractivity contribution in [3.63, 3.8) is 0 Å². The zero-order valence-corrected chi connectivity index (χ0v) is 47.2. The second-order valence-electron chi connectivity index (χ2n) is 19.8. The zero-order valence-electron chi connectivity index (χ0n) is 47.2. The fraction of sp³-hybridized carbons (Fsp3) is 0.712. The van der Waals surface area contributed by atoms with Crippen molar-refractivity contribution in [2.24, 2.45) is 0 Å². The molecule has 0 aromatic carbocycles. The van der Waals surface area contributed by atoms with Crippen LogP contribution in [0.15, 0.2) is 97.2 Å². The van der Waals surface area contributed by atoms with E-state index in [0.29, 0.717) is 19.3 Å². The second-order valence-corrected chi connectivity index (χ2v) is 19.8. The van der Waals surface area contributed by atoms with E-state index in [9.17, 15) is 14.4 Å². The highest BCUT2D eigenvalue weighted by molar-refractivity contribution is 5.71. The third kappa shape index (κ3) is 57.2. The molecule has 0 amide bonds. The molecule has 0 aliphatic heterocycles. The number of allylic oxidation sites excluding steroid dienone is 16. The minimum atomic E-state index is -0.789. The van der Waals surface area contributed by atoms with Crippen molar-refractivity contribution in [3.05, 3.63) is 97.2 Å². The first-order valence-corrected chi connectivity index (χ1v) is 30.2. The van der Waals surface area contributed by atoms with E-state index in [1.165, 1.54) is 128 Å². The van der Waals surface area contributed by atoms with E-state index in [4.69, 9.17) is 14.2 Å². The van der Waals surface area contributed by atoms with E-state index in [2.05, 4.69) is 118 Å². The van der Waals surface area contributed by atoms with Crippen molar-refractivity contribution in [1.29, 1.82) is 0 Å². The first kappa shape index (κ1) is 68.3. The third-order valence-corrected chi connectivity index (χ3v) is 12.8. The molecular formula is C66H112O6. The lowest BCUT2D eigenvalue weighted by Crippen LogP contribution is -2.30. The first-order chi connectivity index (χ1) is 35.5. The summed E-state index contributed by atoms with van der Waals surface area (Å²) in [5, 5.41) is 0. The van der Waals surface area contributed by atoms with E-state index in [1.54, 1.807) is 0 Å². The highest BCUT2D eigenvalue weighted by Crippen LogP contribution is 2.15. The Bertz CT molecular complexity index is 1430. The van der Waals surface area contributed by atoms with Gasteiger partial charge in [-0.15, -0.1) is 0 Å². The Kier molecular flexibility index (Phi) is 56.8. The van der Waals surface area contributed by atoms with Crippen molar-refractivity contribution < 1.29 is 28.6 Å². The van der Waals surface area contributed by atoms with Crippen LogP contribution in [-0.4, -0.2) is 37.2 Å². The van der Waals surface area contributed by atoms with Crippen molar-refractivity contribution in [1.82, 2.24) is 0 Å². The number of esters is 3. The summed E-state index contributed by atoms with van der Waals surface area (Å²) in [7, 11) is 0. The molecule has 6 nitrogen and oxygen atoms in total. The fourth-order valence-electron chi connectivity index (χ4n) is 8.33. The molecule has 0 saturated carbocycles. The topological polar surface area (TPSA) is 78.9 Å². The molecule has 0 rings (SSSR count). The predicted molar refractivity (Wildman–Crippen MR) is 311 cm³/mol. The van der Waals surface area contributed by atoms with Crippen LogP contribution >= 0.6 is 0 Å². The average molecular weight is 1000 g/mol. The maximum atomic E-state index is 12.9. The summed E-state index contributed by atoms with van der Waals surface area (Å²) in [6.07, 6.45) is 79.7. The molecule has 6 heteroatoms. The molecule has 0 saturated heterocycles. The summed E-state index contributed by atoms with van der Waals surface area (Å²) in [6.45, 7) is 6.41. The number of carbonyl (C=O) groups is 3. The van der Waals surface area contributed by atoms with Crippen LogP contribution in [0, 0.1) is 0 Å². The Morgan fingerprint density at radius 1 is 0.292 bits per heavy atom. The third-order valence-electron chi connectivity index (χ3n) is 12.8. The van der Waals surface area contributed by atoms with Crippen molar-refractivity contribution >= 4 is 17.9 Å². The zero-order chi connectivity index (χ0) is 52.2. The molecule has 0 aromatic heterocycles. The first-order valence-electron chi connectivity index (χ1n) is 30.2. The normalized spacial score (nSPS) is 12.8. The molecular weight excluding hydrogens is 889 g/mol. The number of hydrogen-bond donors (Lipinski definition) is 0. The standard InChI is InChI=1S/C66H112O6/c1-4-7-10-13-16-19-22-25-28-30-31-32-33-34-35-37-38-41-44-47-50-53-56-59-65(68)71-62-63(61-70-64(67)58-55-52-49-46-43-40-27-24-21-18-15-12-9-6-3)72-66(69)60-57-54-51-48-45-42-39-36-29-26-23-20-17-14-11-8-5-2/h7-8,10-11,16-17,19-20,24-29,31-32,63H,4-6,9,12-15,18,21-23,30,33-62H2,1-3H3/b10-7-,11-8-,19-16-,20-17-,27-24-,28-25-,29-26-,32-31-. The summed E-state index contributed by atoms with van der Waals surface area (Å²) in [4.78, 5) is 38.2. The summed E-state index contributed by atoms with van der Waals surface area (Å²) in [5.74, 6) is -0.902. The largest absolute Gasteiger partial charge is 0.462 e. The van der Waals surface area contributed by atoms with Gasteiger partial charge in [-0.2, -0.15) is 0 Å². The van der Waals surface area contributed by atoms with E-state index < -0.39 is 6.10 Å². The van der Waals surface area contributed by atoms with Crippen molar-refractivity contribution in [2.45, 2.75) is 290 Å². The number of hydrogen-bond acceptors (Lipinski definition) is 6. The minimum absolute atomic E-state index is 0.0862. The minimum Gasteiger partial charge on any atom is -0.462 e. The highest BCUT2D eigenvalue weighted by Gasteiger charge is 2.19. The Hall–Kier alpha value is -3.67. The molecule has 1 atom stereocenters. The van der Waals surface area contributed by atoms with Crippen LogP contribution in [0.25, 0.3) is 0 Å². The van der Waals surface area contributed by atoms with Crippen LogP contribution in [0.2, 0.25) is 0 Å². The Morgan fingerprint density at radius 3 is 0.861 bits per heavy atom. The summed E-state index contributed by atoms with van der Waals surface area (Å²) < 4.78 is 16.9. The molecule has 0 heterocycles. The van der Waals surface area contributed by atoms with Crippen molar-refractivity contribution in [2.75, 3.05) is 13.2 Å².